The van der Waals surface area contributed by atoms with Crippen molar-refractivity contribution in [2.45, 2.75) is 20.8 Å². The van der Waals surface area contributed by atoms with E-state index in [1.165, 1.54) is 0 Å². The largest absolute Gasteiger partial charge is 0.492 e. The van der Waals surface area contributed by atoms with Gasteiger partial charge in [-0.1, -0.05) is 35.1 Å². The zero-order valence-electron chi connectivity index (χ0n) is 18.5. The number of thiazole rings is 1. The number of anilines is 1. The van der Waals surface area contributed by atoms with E-state index >= 15 is 0 Å². The second-order valence-corrected chi connectivity index (χ2v) is 8.94. The summed E-state index contributed by atoms with van der Waals surface area (Å²) in [6.07, 6.45) is 0. The molecule has 31 heavy (non-hydrogen) atoms. The van der Waals surface area contributed by atoms with Gasteiger partial charge in [0, 0.05) is 44.8 Å². The smallest absolute Gasteiger partial charge is 0.251 e. The third-order valence-corrected chi connectivity index (χ3v) is 6.75. The maximum atomic E-state index is 12.5. The Hall–Kier alpha value is -2.64. The van der Waals surface area contributed by atoms with Crippen molar-refractivity contribution in [2.24, 2.45) is 0 Å². The highest BCUT2D eigenvalue weighted by Gasteiger charge is 2.21. The molecule has 1 N–H and O–H groups in total. The molecule has 0 radical (unpaired) electrons. The summed E-state index contributed by atoms with van der Waals surface area (Å²) in [7, 11) is 0. The van der Waals surface area contributed by atoms with E-state index in [1.54, 1.807) is 11.3 Å². The van der Waals surface area contributed by atoms with Crippen molar-refractivity contribution in [2.75, 3.05) is 50.8 Å². The van der Waals surface area contributed by atoms with Crippen LogP contribution in [0.2, 0.25) is 0 Å². The molecule has 7 heteroatoms. The summed E-state index contributed by atoms with van der Waals surface area (Å²) in [4.78, 5) is 22.1. The summed E-state index contributed by atoms with van der Waals surface area (Å²) in [5.74, 6) is 0.875. The van der Waals surface area contributed by atoms with Gasteiger partial charge >= 0.3 is 0 Å². The van der Waals surface area contributed by atoms with Gasteiger partial charge in [0.25, 0.3) is 5.91 Å². The van der Waals surface area contributed by atoms with Crippen LogP contribution in [0.3, 0.4) is 0 Å². The summed E-state index contributed by atoms with van der Waals surface area (Å²) in [5.41, 5.74) is 3.85. The molecule has 4 rings (SSSR count). The predicted octanol–water partition coefficient (Wildman–Crippen LogP) is 3.86. The minimum atomic E-state index is 0.0133. The fourth-order valence-electron chi connectivity index (χ4n) is 3.88. The minimum absolute atomic E-state index is 0.0133. The molecule has 1 aliphatic heterocycles. The highest BCUT2D eigenvalue weighted by Crippen LogP contribution is 2.34. The number of amides is 1. The third kappa shape index (κ3) is 4.99. The highest BCUT2D eigenvalue weighted by molar-refractivity contribution is 7.22. The predicted molar refractivity (Wildman–Crippen MR) is 128 cm³/mol. The van der Waals surface area contributed by atoms with Crippen molar-refractivity contribution in [1.29, 1.82) is 0 Å². The van der Waals surface area contributed by atoms with Crippen LogP contribution in [0.1, 0.15) is 28.4 Å². The molecule has 1 fully saturated rings. The van der Waals surface area contributed by atoms with Crippen molar-refractivity contribution in [1.82, 2.24) is 15.2 Å². The number of aromatic nitrogens is 1. The third-order valence-electron chi connectivity index (χ3n) is 5.66. The van der Waals surface area contributed by atoms with Crippen molar-refractivity contribution < 1.29 is 9.53 Å². The second kappa shape index (κ2) is 9.66. The van der Waals surface area contributed by atoms with E-state index < -0.39 is 0 Å². The molecular weight excluding hydrogens is 408 g/mol. The molecular formula is C24H30N4O2S. The number of para-hydroxylation sites is 1. The zero-order chi connectivity index (χ0) is 21.8. The molecule has 1 saturated heterocycles. The SMILES string of the molecule is CCOc1cccc2sc(N3CCN(CCNC(=O)c4cc(C)ccc4C)CC3)nc12. The summed E-state index contributed by atoms with van der Waals surface area (Å²) in [6.45, 7) is 12.0. The van der Waals surface area contributed by atoms with Gasteiger partial charge in [0.2, 0.25) is 0 Å². The Morgan fingerprint density at radius 3 is 2.74 bits per heavy atom. The summed E-state index contributed by atoms with van der Waals surface area (Å²) in [6, 6.07) is 12.1. The van der Waals surface area contributed by atoms with E-state index in [0.29, 0.717) is 13.2 Å². The second-order valence-electron chi connectivity index (χ2n) is 7.94. The van der Waals surface area contributed by atoms with E-state index in [-0.39, 0.29) is 5.91 Å². The van der Waals surface area contributed by atoms with Gasteiger partial charge in [-0.25, -0.2) is 4.98 Å². The van der Waals surface area contributed by atoms with Crippen LogP contribution in [0.5, 0.6) is 5.75 Å². The fourth-order valence-corrected chi connectivity index (χ4v) is 4.92. The van der Waals surface area contributed by atoms with E-state index in [1.807, 2.05) is 51.1 Å². The maximum absolute atomic E-state index is 12.5. The molecule has 0 aliphatic carbocycles. The number of ether oxygens (including phenoxy) is 1. The molecule has 2 aromatic carbocycles. The van der Waals surface area contributed by atoms with Crippen LogP contribution in [0.25, 0.3) is 10.2 Å². The zero-order valence-corrected chi connectivity index (χ0v) is 19.3. The summed E-state index contributed by atoms with van der Waals surface area (Å²) < 4.78 is 6.89. The van der Waals surface area contributed by atoms with Gasteiger partial charge in [-0.2, -0.15) is 0 Å². The lowest BCUT2D eigenvalue weighted by molar-refractivity contribution is 0.0947. The van der Waals surface area contributed by atoms with Gasteiger partial charge < -0.3 is 15.0 Å². The number of nitrogens with zero attached hydrogens (tertiary/aromatic N) is 3. The lowest BCUT2D eigenvalue weighted by Gasteiger charge is -2.34. The average Bonchev–Trinajstić information content (AvgIpc) is 3.21. The number of fused-ring (bicyclic) bond motifs is 1. The Kier molecular flexibility index (Phi) is 6.73. The Bertz CT molecular complexity index is 1060. The molecule has 0 unspecified atom stereocenters. The van der Waals surface area contributed by atoms with Crippen molar-refractivity contribution in [3.63, 3.8) is 0 Å². The first-order valence-corrected chi connectivity index (χ1v) is 11.7. The molecule has 0 saturated carbocycles. The molecule has 0 spiro atoms. The molecule has 164 valence electrons. The van der Waals surface area contributed by atoms with Crippen molar-refractivity contribution in [3.05, 3.63) is 53.1 Å². The summed E-state index contributed by atoms with van der Waals surface area (Å²) in [5, 5.41) is 4.13. The normalized spacial score (nSPS) is 14.7. The van der Waals surface area contributed by atoms with Gasteiger partial charge in [-0.15, -0.1) is 0 Å². The molecule has 0 atom stereocenters. The van der Waals surface area contributed by atoms with Crippen LogP contribution in [0.4, 0.5) is 5.13 Å². The molecule has 1 aromatic heterocycles. The van der Waals surface area contributed by atoms with Crippen LogP contribution < -0.4 is 15.0 Å². The van der Waals surface area contributed by atoms with E-state index in [4.69, 9.17) is 9.72 Å². The Morgan fingerprint density at radius 1 is 1.16 bits per heavy atom. The minimum Gasteiger partial charge on any atom is -0.492 e. The van der Waals surface area contributed by atoms with Crippen LogP contribution in [0.15, 0.2) is 36.4 Å². The standard InChI is InChI=1S/C24H30N4O2S/c1-4-30-20-6-5-7-21-22(20)26-24(31-21)28-14-12-27(13-15-28)11-10-25-23(29)19-16-17(2)8-9-18(19)3/h5-9,16H,4,10-15H2,1-3H3,(H,25,29). The van der Waals surface area contributed by atoms with Crippen molar-refractivity contribution >= 4 is 32.6 Å². The number of rotatable bonds is 7. The molecule has 6 nitrogen and oxygen atoms in total. The Balaban J connectivity index is 1.28. The number of benzene rings is 2. The van der Waals surface area contributed by atoms with E-state index in [0.717, 1.165) is 70.5 Å². The number of piperazine rings is 1. The Labute approximate surface area is 187 Å². The first-order chi connectivity index (χ1) is 15.0. The molecule has 2 heterocycles. The summed E-state index contributed by atoms with van der Waals surface area (Å²) >= 11 is 1.73. The fraction of sp³-hybridized carbons (Fsp3) is 0.417. The lowest BCUT2D eigenvalue weighted by atomic mass is 10.1. The van der Waals surface area contributed by atoms with Crippen molar-refractivity contribution in [3.8, 4) is 5.75 Å². The maximum Gasteiger partial charge on any atom is 0.251 e. The number of hydrogen-bond donors (Lipinski definition) is 1. The van der Waals surface area contributed by atoms with E-state index in [2.05, 4.69) is 21.2 Å². The number of nitrogens with one attached hydrogen (secondary N) is 1. The van der Waals surface area contributed by atoms with Gasteiger partial charge in [0.15, 0.2) is 5.13 Å². The first kappa shape index (κ1) is 21.6. The van der Waals surface area contributed by atoms with Gasteiger partial charge in [0.1, 0.15) is 11.3 Å². The van der Waals surface area contributed by atoms with Crippen LogP contribution in [-0.2, 0) is 0 Å². The number of hydrogen-bond acceptors (Lipinski definition) is 6. The monoisotopic (exact) mass is 438 g/mol. The van der Waals surface area contributed by atoms with Crippen LogP contribution in [-0.4, -0.2) is 61.7 Å². The Morgan fingerprint density at radius 2 is 1.97 bits per heavy atom. The average molecular weight is 439 g/mol. The number of carbonyl (C=O) groups excluding carboxylic acids is 1. The molecule has 1 aliphatic rings. The topological polar surface area (TPSA) is 57.7 Å². The number of aryl methyl sites for hydroxylation is 2. The first-order valence-electron chi connectivity index (χ1n) is 10.9. The number of carbonyl (C=O) groups is 1. The molecule has 1 amide bonds. The molecule has 3 aromatic rings. The van der Waals surface area contributed by atoms with Gasteiger partial charge in [0.05, 0.1) is 11.3 Å². The highest BCUT2D eigenvalue weighted by atomic mass is 32.1. The van der Waals surface area contributed by atoms with Gasteiger partial charge in [-0.3, -0.25) is 9.69 Å². The quantitative estimate of drug-likeness (QED) is 0.607. The van der Waals surface area contributed by atoms with Gasteiger partial charge in [-0.05, 0) is 44.5 Å². The molecule has 0 bridgehead atoms. The van der Waals surface area contributed by atoms with Crippen LogP contribution in [0, 0.1) is 13.8 Å². The van der Waals surface area contributed by atoms with E-state index in [9.17, 15) is 4.79 Å². The van der Waals surface area contributed by atoms with Crippen LogP contribution >= 0.6 is 11.3 Å². The lowest BCUT2D eigenvalue weighted by Crippen LogP contribution is -2.48.